The van der Waals surface area contributed by atoms with E-state index in [1.165, 1.54) is 5.56 Å². The first kappa shape index (κ1) is 20.7. The van der Waals surface area contributed by atoms with Gasteiger partial charge >= 0.3 is 0 Å². The summed E-state index contributed by atoms with van der Waals surface area (Å²) in [5.74, 6) is 2.43. The number of aliphatic hydroxyl groups excluding tert-OH is 1. The van der Waals surface area contributed by atoms with Crippen LogP contribution in [-0.4, -0.2) is 24.9 Å². The third-order valence-corrected chi connectivity index (χ3v) is 6.36. The fourth-order valence-electron chi connectivity index (χ4n) is 4.33. The van der Waals surface area contributed by atoms with Crippen LogP contribution in [0.25, 0.3) is 10.8 Å². The Bertz CT molecular complexity index is 989. The quantitative estimate of drug-likeness (QED) is 0.597. The fraction of sp³-hybridized carbons (Fsp3) is 0.385. The zero-order valence-electron chi connectivity index (χ0n) is 17.8. The Balaban J connectivity index is 1.39. The van der Waals surface area contributed by atoms with Gasteiger partial charge in [0, 0.05) is 0 Å². The highest BCUT2D eigenvalue weighted by Crippen LogP contribution is 2.35. The van der Waals surface area contributed by atoms with Gasteiger partial charge in [0.25, 0.3) is 0 Å². The van der Waals surface area contributed by atoms with Gasteiger partial charge in [0.15, 0.2) is 0 Å². The van der Waals surface area contributed by atoms with E-state index in [-0.39, 0.29) is 12.7 Å². The van der Waals surface area contributed by atoms with Gasteiger partial charge in [-0.3, -0.25) is 0 Å². The van der Waals surface area contributed by atoms with Crippen LogP contribution in [0.1, 0.15) is 49.7 Å². The first-order valence-electron chi connectivity index (χ1n) is 10.7. The van der Waals surface area contributed by atoms with Gasteiger partial charge in [-0.1, -0.05) is 30.3 Å². The Kier molecular flexibility index (Phi) is 5.98. The summed E-state index contributed by atoms with van der Waals surface area (Å²) < 4.78 is 11.6. The maximum absolute atomic E-state index is 9.51. The molecule has 3 N–H and O–H groups in total. The fourth-order valence-corrected chi connectivity index (χ4v) is 4.33. The largest absolute Gasteiger partial charge is 0.497 e. The van der Waals surface area contributed by atoms with Crippen LogP contribution in [0.4, 0.5) is 0 Å². The molecule has 158 valence electrons. The van der Waals surface area contributed by atoms with Crippen molar-refractivity contribution >= 4 is 10.8 Å². The number of aliphatic hydroxyl groups is 1. The second kappa shape index (κ2) is 8.66. The van der Waals surface area contributed by atoms with Gasteiger partial charge in [0.2, 0.25) is 0 Å². The molecule has 0 amide bonds. The van der Waals surface area contributed by atoms with Crippen LogP contribution in [0.5, 0.6) is 11.5 Å². The lowest BCUT2D eigenvalue weighted by Gasteiger charge is -2.29. The molecule has 1 fully saturated rings. The summed E-state index contributed by atoms with van der Waals surface area (Å²) in [6.45, 7) is 1.76. The summed E-state index contributed by atoms with van der Waals surface area (Å²) in [6.07, 6.45) is 4.68. The smallest absolute Gasteiger partial charge is 0.120 e. The molecular formula is C26H31NO3. The molecule has 0 aromatic heterocycles. The molecule has 1 aliphatic rings. The average Bonchev–Trinajstić information content (AvgIpc) is 2.79. The van der Waals surface area contributed by atoms with Crippen LogP contribution >= 0.6 is 0 Å². The lowest BCUT2D eigenvalue weighted by atomic mass is 9.82. The van der Waals surface area contributed by atoms with Crippen molar-refractivity contribution in [2.45, 2.75) is 50.2 Å². The monoisotopic (exact) mass is 405 g/mol. The molecule has 1 atom stereocenters. The van der Waals surface area contributed by atoms with Crippen molar-refractivity contribution in [3.63, 3.8) is 0 Å². The van der Waals surface area contributed by atoms with Crippen molar-refractivity contribution < 1.29 is 14.6 Å². The second-order valence-corrected chi connectivity index (χ2v) is 8.66. The lowest BCUT2D eigenvalue weighted by molar-refractivity contribution is 0.146. The molecule has 0 aliphatic heterocycles. The molecule has 4 heteroatoms. The van der Waals surface area contributed by atoms with Gasteiger partial charge in [0.05, 0.1) is 25.4 Å². The number of hydrogen-bond acceptors (Lipinski definition) is 4. The summed E-state index contributed by atoms with van der Waals surface area (Å²) in [4.78, 5) is 0. The molecule has 0 heterocycles. The van der Waals surface area contributed by atoms with Gasteiger partial charge in [0.1, 0.15) is 11.5 Å². The highest BCUT2D eigenvalue weighted by atomic mass is 16.5. The maximum atomic E-state index is 9.51. The van der Waals surface area contributed by atoms with E-state index < -0.39 is 5.54 Å². The third-order valence-electron chi connectivity index (χ3n) is 6.36. The number of methoxy groups -OCH3 is 1. The van der Waals surface area contributed by atoms with Crippen molar-refractivity contribution in [2.24, 2.45) is 5.73 Å². The number of hydrogen-bond donors (Lipinski definition) is 2. The zero-order chi connectivity index (χ0) is 21.1. The van der Waals surface area contributed by atoms with Crippen molar-refractivity contribution in [1.82, 2.24) is 0 Å². The van der Waals surface area contributed by atoms with Crippen LogP contribution in [0.2, 0.25) is 0 Å². The van der Waals surface area contributed by atoms with Gasteiger partial charge in [-0.2, -0.15) is 0 Å². The van der Waals surface area contributed by atoms with Crippen LogP contribution in [-0.2, 0) is 5.54 Å². The van der Waals surface area contributed by atoms with Crippen LogP contribution < -0.4 is 15.2 Å². The summed E-state index contributed by atoms with van der Waals surface area (Å²) in [6, 6.07) is 20.8. The van der Waals surface area contributed by atoms with E-state index in [0.717, 1.165) is 53.5 Å². The maximum Gasteiger partial charge on any atom is 0.120 e. The minimum atomic E-state index is -0.730. The Morgan fingerprint density at radius 1 is 0.900 bits per heavy atom. The highest BCUT2D eigenvalue weighted by molar-refractivity contribution is 5.84. The third kappa shape index (κ3) is 4.45. The van der Waals surface area contributed by atoms with Crippen LogP contribution in [0.3, 0.4) is 0 Å². The molecule has 0 bridgehead atoms. The SMILES string of the molecule is COc1ccc(C2CCC(Oc3ccc4cc(C(C)(N)CO)ccc4c3)CC2)cc1. The molecule has 3 aromatic carbocycles. The summed E-state index contributed by atoms with van der Waals surface area (Å²) in [5, 5.41) is 11.7. The molecule has 1 aliphatic carbocycles. The molecule has 3 aromatic rings. The number of rotatable bonds is 6. The van der Waals surface area contributed by atoms with Gasteiger partial charge < -0.3 is 20.3 Å². The van der Waals surface area contributed by atoms with E-state index in [4.69, 9.17) is 15.2 Å². The zero-order valence-corrected chi connectivity index (χ0v) is 17.8. The first-order valence-corrected chi connectivity index (χ1v) is 10.7. The minimum absolute atomic E-state index is 0.0844. The standard InChI is InChI=1S/C26H31NO3/c1-26(27,17-28)22-9-3-21-16-25(14-8-20(21)15-22)30-24-12-6-19(7-13-24)18-4-10-23(29-2)11-5-18/h3-5,8-11,14-16,19,24,28H,6-7,12-13,17,27H2,1-2H3. The lowest BCUT2D eigenvalue weighted by Crippen LogP contribution is -2.36. The van der Waals surface area contributed by atoms with Gasteiger partial charge in [-0.15, -0.1) is 0 Å². The summed E-state index contributed by atoms with van der Waals surface area (Å²) in [5.41, 5.74) is 7.77. The Labute approximate surface area is 178 Å². The van der Waals surface area contributed by atoms with E-state index in [0.29, 0.717) is 5.92 Å². The Hall–Kier alpha value is -2.56. The van der Waals surface area contributed by atoms with Gasteiger partial charge in [-0.25, -0.2) is 0 Å². The average molecular weight is 406 g/mol. The van der Waals surface area contributed by atoms with E-state index in [1.807, 2.05) is 31.2 Å². The Morgan fingerprint density at radius 2 is 1.53 bits per heavy atom. The van der Waals surface area contributed by atoms with Crippen LogP contribution in [0.15, 0.2) is 60.7 Å². The molecule has 0 saturated heterocycles. The highest BCUT2D eigenvalue weighted by Gasteiger charge is 2.24. The van der Waals surface area contributed by atoms with E-state index in [2.05, 4.69) is 36.4 Å². The van der Waals surface area contributed by atoms with E-state index in [9.17, 15) is 5.11 Å². The van der Waals surface area contributed by atoms with E-state index >= 15 is 0 Å². The first-order chi connectivity index (χ1) is 14.5. The molecule has 4 rings (SSSR count). The molecule has 30 heavy (non-hydrogen) atoms. The van der Waals surface area contributed by atoms with Crippen molar-refractivity contribution in [3.8, 4) is 11.5 Å². The van der Waals surface area contributed by atoms with Gasteiger partial charge in [-0.05, 0) is 90.8 Å². The normalized spacial score (nSPS) is 21.2. The Morgan fingerprint density at radius 3 is 2.20 bits per heavy atom. The van der Waals surface area contributed by atoms with Crippen molar-refractivity contribution in [3.05, 3.63) is 71.8 Å². The number of nitrogens with two attached hydrogens (primary N) is 1. The number of fused-ring (bicyclic) bond motifs is 1. The molecule has 0 spiro atoms. The minimum Gasteiger partial charge on any atom is -0.497 e. The molecule has 1 saturated carbocycles. The number of benzene rings is 3. The summed E-state index contributed by atoms with van der Waals surface area (Å²) in [7, 11) is 1.70. The van der Waals surface area contributed by atoms with Crippen LogP contribution in [0, 0.1) is 0 Å². The molecule has 4 nitrogen and oxygen atoms in total. The number of ether oxygens (including phenoxy) is 2. The second-order valence-electron chi connectivity index (χ2n) is 8.66. The molecule has 1 unspecified atom stereocenters. The molecule has 0 radical (unpaired) electrons. The van der Waals surface area contributed by atoms with E-state index in [1.54, 1.807) is 7.11 Å². The van der Waals surface area contributed by atoms with Crippen molar-refractivity contribution in [2.75, 3.05) is 13.7 Å². The summed E-state index contributed by atoms with van der Waals surface area (Å²) >= 11 is 0. The molecular weight excluding hydrogens is 374 g/mol. The van der Waals surface area contributed by atoms with Crippen molar-refractivity contribution in [1.29, 1.82) is 0 Å². The predicted octanol–water partition coefficient (Wildman–Crippen LogP) is 5.12. The topological polar surface area (TPSA) is 64.7 Å². The predicted molar refractivity (Wildman–Crippen MR) is 121 cm³/mol.